The van der Waals surface area contributed by atoms with Crippen molar-refractivity contribution < 1.29 is 57.7 Å². The minimum absolute atomic E-state index is 0.166. The van der Waals surface area contributed by atoms with E-state index in [0.29, 0.717) is 6.42 Å². The third-order valence-corrected chi connectivity index (χ3v) is 6.77. The van der Waals surface area contributed by atoms with Crippen molar-refractivity contribution in [2.75, 3.05) is 26.4 Å². The second-order valence-electron chi connectivity index (χ2n) is 9.58. The number of unbranched alkanes of at least 4 members (excludes halogenated alkanes) is 12. The number of esters is 2. The van der Waals surface area contributed by atoms with Crippen molar-refractivity contribution in [3.8, 4) is 0 Å². The van der Waals surface area contributed by atoms with Crippen LogP contribution in [0, 0.1) is 0 Å². The Bertz CT molecular complexity index is 702. The summed E-state index contributed by atoms with van der Waals surface area (Å²) in [5.74, 6) is -2.65. The number of hydrogen-bond acceptors (Lipinski definition) is 10. The third-order valence-electron chi connectivity index (χ3n) is 5.82. The van der Waals surface area contributed by atoms with Gasteiger partial charge in [0, 0.05) is 6.42 Å². The van der Waals surface area contributed by atoms with Crippen molar-refractivity contribution in [3.05, 3.63) is 0 Å². The number of phosphoric acid groups is 1. The Hall–Kier alpha value is -1.56. The monoisotopic (exact) mass is 584 g/mol. The van der Waals surface area contributed by atoms with Crippen LogP contribution in [-0.4, -0.2) is 76.8 Å². The molecule has 1 unspecified atom stereocenters. The molecule has 0 spiro atoms. The predicted octanol–water partition coefficient (Wildman–Crippen LogP) is 4.27. The number of carbonyl (C=O) groups is 3. The van der Waals surface area contributed by atoms with Crippen LogP contribution in [0.1, 0.15) is 110 Å². The van der Waals surface area contributed by atoms with Crippen LogP contribution in [-0.2, 0) is 37.5 Å². The van der Waals surface area contributed by atoms with Crippen LogP contribution >= 0.6 is 7.82 Å². The first kappa shape index (κ1) is 37.4. The number of rotatable bonds is 27. The number of hydrogen-bond donors (Lipinski definition) is 4. The number of aliphatic hydroxyl groups excluding tert-OH is 2. The molecule has 39 heavy (non-hydrogen) atoms. The molecule has 0 bridgehead atoms. The van der Waals surface area contributed by atoms with Gasteiger partial charge in [-0.2, -0.15) is 0 Å². The van der Waals surface area contributed by atoms with Crippen molar-refractivity contribution in [2.24, 2.45) is 0 Å². The first-order valence-corrected chi connectivity index (χ1v) is 15.6. The van der Waals surface area contributed by atoms with E-state index < -0.39 is 77.2 Å². The number of ether oxygens (including phenoxy) is 2. The van der Waals surface area contributed by atoms with E-state index in [1.807, 2.05) is 0 Å². The zero-order chi connectivity index (χ0) is 29.4. The Labute approximate surface area is 232 Å². The molecule has 0 radical (unpaired) electrons. The highest BCUT2D eigenvalue weighted by Crippen LogP contribution is 2.43. The minimum atomic E-state index is -4.68. The lowest BCUT2D eigenvalue weighted by molar-refractivity contribution is -0.162. The van der Waals surface area contributed by atoms with Crippen molar-refractivity contribution in [1.29, 1.82) is 0 Å². The van der Waals surface area contributed by atoms with Crippen LogP contribution in [0.15, 0.2) is 0 Å². The number of carboxylic acids is 1. The summed E-state index contributed by atoms with van der Waals surface area (Å²) in [7, 11) is -4.68. The Morgan fingerprint density at radius 2 is 1.23 bits per heavy atom. The van der Waals surface area contributed by atoms with E-state index in [-0.39, 0.29) is 6.42 Å². The largest absolute Gasteiger partial charge is 0.481 e. The summed E-state index contributed by atoms with van der Waals surface area (Å²) in [6.45, 7) is -0.305. The van der Waals surface area contributed by atoms with E-state index in [9.17, 15) is 28.9 Å². The predicted molar refractivity (Wildman–Crippen MR) is 143 cm³/mol. The van der Waals surface area contributed by atoms with Crippen molar-refractivity contribution in [3.63, 3.8) is 0 Å². The lowest BCUT2D eigenvalue weighted by Gasteiger charge is -2.20. The van der Waals surface area contributed by atoms with E-state index in [1.54, 1.807) is 0 Å². The zero-order valence-corrected chi connectivity index (χ0v) is 24.2. The number of carboxylic acid groups (broad SMARTS) is 1. The minimum Gasteiger partial charge on any atom is -0.481 e. The summed E-state index contributed by atoms with van der Waals surface area (Å²) < 4.78 is 31.3. The average Bonchev–Trinajstić information content (AvgIpc) is 2.90. The van der Waals surface area contributed by atoms with Gasteiger partial charge in [0.05, 0.1) is 32.7 Å². The van der Waals surface area contributed by atoms with E-state index in [1.165, 1.54) is 57.8 Å². The molecule has 0 aliphatic heterocycles. The molecule has 0 amide bonds. The van der Waals surface area contributed by atoms with Gasteiger partial charge < -0.3 is 29.7 Å². The summed E-state index contributed by atoms with van der Waals surface area (Å²) in [6, 6.07) is 0. The Morgan fingerprint density at radius 3 is 1.74 bits per heavy atom. The second-order valence-corrected chi connectivity index (χ2v) is 11.0. The first-order valence-electron chi connectivity index (χ1n) is 14.1. The molecule has 13 heteroatoms. The van der Waals surface area contributed by atoms with Gasteiger partial charge in [-0.1, -0.05) is 84.0 Å². The SMILES string of the molecule is CCCCCCCCCCCCCCCC(=O)OC[C@H](COP(=O)(O)OC[C@@H](O)CO)OC(=O)CCC(=O)O. The fourth-order valence-electron chi connectivity index (χ4n) is 3.56. The highest BCUT2D eigenvalue weighted by atomic mass is 31.2. The molecule has 0 saturated carbocycles. The smallest absolute Gasteiger partial charge is 0.472 e. The van der Waals surface area contributed by atoms with Crippen LogP contribution in [0.4, 0.5) is 0 Å². The highest BCUT2D eigenvalue weighted by molar-refractivity contribution is 7.47. The van der Waals surface area contributed by atoms with Gasteiger partial charge in [-0.05, 0) is 6.42 Å². The van der Waals surface area contributed by atoms with E-state index >= 15 is 0 Å². The van der Waals surface area contributed by atoms with E-state index in [4.69, 9.17) is 24.2 Å². The molecule has 0 rings (SSSR count). The first-order chi connectivity index (χ1) is 18.6. The van der Waals surface area contributed by atoms with Gasteiger partial charge in [0.2, 0.25) is 0 Å². The van der Waals surface area contributed by atoms with E-state index in [0.717, 1.165) is 19.3 Å². The molecule has 230 valence electrons. The third kappa shape index (κ3) is 25.2. The standard InChI is InChI=1S/C26H49O12P/c1-2-3-4-5-6-7-8-9-10-11-12-13-14-15-25(31)35-20-23(38-26(32)17-16-24(29)30)21-37-39(33,34)36-19-22(28)18-27/h22-23,27-28H,2-21H2,1H3,(H,29,30)(H,33,34)/t22-,23+/m0/s1. The van der Waals surface area contributed by atoms with Gasteiger partial charge in [-0.3, -0.25) is 23.4 Å². The number of aliphatic carboxylic acids is 1. The van der Waals surface area contributed by atoms with Crippen LogP contribution < -0.4 is 0 Å². The average molecular weight is 585 g/mol. The van der Waals surface area contributed by atoms with Gasteiger partial charge in [-0.25, -0.2) is 4.57 Å². The van der Waals surface area contributed by atoms with Gasteiger partial charge in [0.25, 0.3) is 0 Å². The molecule has 0 aromatic rings. The number of phosphoric ester groups is 1. The Morgan fingerprint density at radius 1 is 0.718 bits per heavy atom. The molecule has 0 saturated heterocycles. The Balaban J connectivity index is 4.25. The maximum absolute atomic E-state index is 12.1. The summed E-state index contributed by atoms with van der Waals surface area (Å²) in [6.07, 6.45) is 11.8. The maximum Gasteiger partial charge on any atom is 0.472 e. The van der Waals surface area contributed by atoms with Crippen LogP contribution in [0.25, 0.3) is 0 Å². The van der Waals surface area contributed by atoms with Gasteiger partial charge in [0.15, 0.2) is 6.10 Å². The molecule has 12 nitrogen and oxygen atoms in total. The highest BCUT2D eigenvalue weighted by Gasteiger charge is 2.27. The maximum atomic E-state index is 12.1. The van der Waals surface area contributed by atoms with Crippen molar-refractivity contribution >= 4 is 25.7 Å². The van der Waals surface area contributed by atoms with Gasteiger partial charge in [-0.15, -0.1) is 0 Å². The lowest BCUT2D eigenvalue weighted by Crippen LogP contribution is -2.30. The van der Waals surface area contributed by atoms with Crippen LogP contribution in [0.2, 0.25) is 0 Å². The van der Waals surface area contributed by atoms with Crippen molar-refractivity contribution in [1.82, 2.24) is 0 Å². The topological polar surface area (TPSA) is 186 Å². The molecule has 0 aliphatic carbocycles. The number of carbonyl (C=O) groups excluding carboxylic acids is 2. The molecule has 4 N–H and O–H groups in total. The summed E-state index contributed by atoms with van der Waals surface area (Å²) in [5, 5.41) is 26.7. The molecular formula is C26H49O12P. The summed E-state index contributed by atoms with van der Waals surface area (Å²) in [4.78, 5) is 44.3. The van der Waals surface area contributed by atoms with Gasteiger partial charge >= 0.3 is 25.7 Å². The Kier molecular flexibility index (Phi) is 23.3. The van der Waals surface area contributed by atoms with Gasteiger partial charge in [0.1, 0.15) is 12.7 Å². The zero-order valence-electron chi connectivity index (χ0n) is 23.3. The summed E-state index contributed by atoms with van der Waals surface area (Å²) in [5.41, 5.74) is 0. The molecular weight excluding hydrogens is 535 g/mol. The fraction of sp³-hybridized carbons (Fsp3) is 0.885. The lowest BCUT2D eigenvalue weighted by atomic mass is 10.0. The fourth-order valence-corrected chi connectivity index (χ4v) is 4.35. The molecule has 0 aromatic heterocycles. The van der Waals surface area contributed by atoms with Crippen LogP contribution in [0.5, 0.6) is 0 Å². The number of aliphatic hydroxyl groups is 2. The molecule has 0 aliphatic rings. The molecule has 0 aromatic carbocycles. The molecule has 0 fully saturated rings. The normalized spacial score (nSPS) is 14.4. The van der Waals surface area contributed by atoms with Crippen molar-refractivity contribution in [2.45, 2.75) is 122 Å². The summed E-state index contributed by atoms with van der Waals surface area (Å²) >= 11 is 0. The quantitative estimate of drug-likeness (QED) is 0.0611. The van der Waals surface area contributed by atoms with Crippen LogP contribution in [0.3, 0.4) is 0 Å². The molecule has 3 atom stereocenters. The van der Waals surface area contributed by atoms with E-state index in [2.05, 4.69) is 11.4 Å². The second kappa shape index (κ2) is 24.3. The molecule has 0 heterocycles.